The smallest absolute Gasteiger partial charge is 0.233 e. The first-order chi connectivity index (χ1) is 14.0. The highest BCUT2D eigenvalue weighted by Crippen LogP contribution is 2.36. The second kappa shape index (κ2) is 8.78. The molecule has 1 aromatic heterocycles. The molecule has 3 aromatic rings. The van der Waals surface area contributed by atoms with E-state index in [-0.39, 0.29) is 11.2 Å². The van der Waals surface area contributed by atoms with E-state index in [1.807, 2.05) is 41.8 Å². The van der Waals surface area contributed by atoms with Crippen molar-refractivity contribution in [3.63, 3.8) is 0 Å². The molecule has 2 heterocycles. The molecule has 1 aliphatic heterocycles. The summed E-state index contributed by atoms with van der Waals surface area (Å²) in [7, 11) is 0. The number of rotatable bonds is 4. The second-order valence-corrected chi connectivity index (χ2v) is 8.96. The highest BCUT2D eigenvalue weighted by molar-refractivity contribution is 8.00. The summed E-state index contributed by atoms with van der Waals surface area (Å²) >= 11 is 14.0. The Morgan fingerprint density at radius 1 is 1.14 bits per heavy atom. The lowest BCUT2D eigenvalue weighted by Gasteiger charge is -2.16. The number of para-hydroxylation sites is 1. The minimum absolute atomic E-state index is 0.0536. The van der Waals surface area contributed by atoms with Gasteiger partial charge in [-0.1, -0.05) is 59.6 Å². The lowest BCUT2D eigenvalue weighted by atomic mass is 10.1. The fourth-order valence-electron chi connectivity index (χ4n) is 3.37. The first kappa shape index (κ1) is 20.3. The largest absolute Gasteiger partial charge is 0.355 e. The van der Waals surface area contributed by atoms with Crippen LogP contribution in [0.5, 0.6) is 0 Å². The van der Waals surface area contributed by atoms with E-state index in [1.165, 1.54) is 11.8 Å². The average Bonchev–Trinajstić information content (AvgIpc) is 2.98. The van der Waals surface area contributed by atoms with Gasteiger partial charge in [-0.3, -0.25) is 9.36 Å². The van der Waals surface area contributed by atoms with Crippen LogP contribution in [0.2, 0.25) is 10.0 Å². The van der Waals surface area contributed by atoms with Crippen molar-refractivity contribution >= 4 is 40.9 Å². The van der Waals surface area contributed by atoms with Crippen molar-refractivity contribution in [2.75, 3.05) is 6.54 Å². The molecule has 150 valence electrons. The number of nitrogens with one attached hydrogen (secondary N) is 1. The van der Waals surface area contributed by atoms with E-state index in [4.69, 9.17) is 23.2 Å². The standard InChI is InChI=1S/C21H20Cl2N4OS/c1-13-6-2-3-7-17(13)27-19(15-10-9-14(22)12-16(15)23)25-26-21(27)29-18-8-4-5-11-24-20(18)28/h2-3,6-7,9-10,12,18H,4-5,8,11H2,1H3,(H,24,28)/t18-/m0/s1. The Kier molecular flexibility index (Phi) is 6.13. The number of hydrogen-bond donors (Lipinski definition) is 1. The summed E-state index contributed by atoms with van der Waals surface area (Å²) < 4.78 is 1.98. The molecule has 0 radical (unpaired) electrons. The molecule has 1 aliphatic rings. The molecular formula is C21H20Cl2N4OS. The Morgan fingerprint density at radius 2 is 1.97 bits per heavy atom. The number of benzene rings is 2. The van der Waals surface area contributed by atoms with E-state index in [0.717, 1.165) is 42.6 Å². The number of carbonyl (C=O) groups is 1. The van der Waals surface area contributed by atoms with Gasteiger partial charge in [0.15, 0.2) is 11.0 Å². The molecule has 2 aromatic carbocycles. The monoisotopic (exact) mass is 446 g/mol. The zero-order chi connectivity index (χ0) is 20.4. The second-order valence-electron chi connectivity index (χ2n) is 6.95. The van der Waals surface area contributed by atoms with Crippen molar-refractivity contribution < 1.29 is 4.79 Å². The van der Waals surface area contributed by atoms with Gasteiger partial charge in [0.1, 0.15) is 0 Å². The summed E-state index contributed by atoms with van der Waals surface area (Å²) in [6, 6.07) is 13.3. The number of nitrogens with zero attached hydrogens (tertiary/aromatic N) is 3. The number of carbonyl (C=O) groups excluding carboxylic acids is 1. The van der Waals surface area contributed by atoms with Crippen LogP contribution in [0, 0.1) is 6.92 Å². The third kappa shape index (κ3) is 4.29. The van der Waals surface area contributed by atoms with Crippen molar-refractivity contribution in [2.24, 2.45) is 0 Å². The van der Waals surface area contributed by atoms with E-state index < -0.39 is 0 Å². The van der Waals surface area contributed by atoms with Crippen LogP contribution in [0.25, 0.3) is 17.1 Å². The van der Waals surface area contributed by atoms with Crippen molar-refractivity contribution in [1.29, 1.82) is 0 Å². The SMILES string of the molecule is Cc1ccccc1-n1c(S[C@H]2CCCCNC2=O)nnc1-c1ccc(Cl)cc1Cl. The van der Waals surface area contributed by atoms with Gasteiger partial charge in [-0.2, -0.15) is 0 Å². The molecule has 0 unspecified atom stereocenters. The molecule has 8 heteroatoms. The van der Waals surface area contributed by atoms with Gasteiger partial charge in [0, 0.05) is 17.1 Å². The van der Waals surface area contributed by atoms with E-state index in [1.54, 1.807) is 12.1 Å². The molecule has 1 atom stereocenters. The highest BCUT2D eigenvalue weighted by Gasteiger charge is 2.27. The van der Waals surface area contributed by atoms with Crippen LogP contribution >= 0.6 is 35.0 Å². The highest BCUT2D eigenvalue weighted by atomic mass is 35.5. The third-order valence-electron chi connectivity index (χ3n) is 4.89. The van der Waals surface area contributed by atoms with E-state index in [0.29, 0.717) is 21.0 Å². The van der Waals surface area contributed by atoms with Crippen molar-refractivity contribution in [1.82, 2.24) is 20.1 Å². The van der Waals surface area contributed by atoms with Crippen LogP contribution in [-0.4, -0.2) is 32.5 Å². The third-order valence-corrected chi connectivity index (χ3v) is 6.65. The summed E-state index contributed by atoms with van der Waals surface area (Å²) in [5, 5.41) is 13.4. The minimum atomic E-state index is -0.196. The van der Waals surface area contributed by atoms with Gasteiger partial charge >= 0.3 is 0 Å². The Labute approximate surface area is 183 Å². The number of thioether (sulfide) groups is 1. The van der Waals surface area contributed by atoms with Crippen molar-refractivity contribution in [3.8, 4) is 17.1 Å². The molecule has 4 rings (SSSR count). The maximum absolute atomic E-state index is 12.5. The number of aryl methyl sites for hydroxylation is 1. The Morgan fingerprint density at radius 3 is 2.76 bits per heavy atom. The van der Waals surface area contributed by atoms with Crippen LogP contribution < -0.4 is 5.32 Å². The normalized spacial score (nSPS) is 17.1. The Bertz CT molecular complexity index is 1050. The maximum Gasteiger partial charge on any atom is 0.233 e. The topological polar surface area (TPSA) is 59.8 Å². The van der Waals surface area contributed by atoms with Crippen molar-refractivity contribution in [3.05, 3.63) is 58.1 Å². The Balaban J connectivity index is 1.83. The van der Waals surface area contributed by atoms with Crippen molar-refractivity contribution in [2.45, 2.75) is 36.6 Å². The number of halogens is 2. The molecule has 5 nitrogen and oxygen atoms in total. The molecule has 0 bridgehead atoms. The van der Waals surface area contributed by atoms with Gasteiger partial charge in [0.05, 0.1) is 16.0 Å². The van der Waals surface area contributed by atoms with Crippen LogP contribution in [0.3, 0.4) is 0 Å². The predicted octanol–water partition coefficient (Wildman–Crippen LogP) is 5.31. The Hall–Kier alpha value is -2.02. The number of hydrogen-bond acceptors (Lipinski definition) is 4. The van der Waals surface area contributed by atoms with Gasteiger partial charge in [-0.15, -0.1) is 10.2 Å². The van der Waals surface area contributed by atoms with Gasteiger partial charge in [-0.05, 0) is 49.6 Å². The van der Waals surface area contributed by atoms with Gasteiger partial charge in [-0.25, -0.2) is 0 Å². The zero-order valence-corrected chi connectivity index (χ0v) is 18.2. The van der Waals surface area contributed by atoms with Crippen LogP contribution in [-0.2, 0) is 4.79 Å². The van der Waals surface area contributed by atoms with Gasteiger partial charge in [0.2, 0.25) is 5.91 Å². The zero-order valence-electron chi connectivity index (χ0n) is 15.9. The average molecular weight is 447 g/mol. The number of amides is 1. The quantitative estimate of drug-likeness (QED) is 0.589. The molecular weight excluding hydrogens is 427 g/mol. The van der Waals surface area contributed by atoms with Crippen LogP contribution in [0.4, 0.5) is 0 Å². The fourth-order valence-corrected chi connectivity index (χ4v) is 4.97. The molecule has 0 saturated carbocycles. The maximum atomic E-state index is 12.5. The lowest BCUT2D eigenvalue weighted by Crippen LogP contribution is -2.30. The summed E-state index contributed by atoms with van der Waals surface area (Å²) in [6.45, 7) is 2.77. The summed E-state index contributed by atoms with van der Waals surface area (Å²) in [5.41, 5.74) is 2.77. The molecule has 1 N–H and O–H groups in total. The molecule has 0 aliphatic carbocycles. The molecule has 1 saturated heterocycles. The molecule has 1 fully saturated rings. The molecule has 0 spiro atoms. The molecule has 1 amide bonds. The predicted molar refractivity (Wildman–Crippen MR) is 118 cm³/mol. The van der Waals surface area contributed by atoms with Crippen LogP contribution in [0.1, 0.15) is 24.8 Å². The fraction of sp³-hybridized carbons (Fsp3) is 0.286. The van der Waals surface area contributed by atoms with Gasteiger partial charge < -0.3 is 5.32 Å². The van der Waals surface area contributed by atoms with E-state index >= 15 is 0 Å². The van der Waals surface area contributed by atoms with E-state index in [2.05, 4.69) is 15.5 Å². The number of aromatic nitrogens is 3. The van der Waals surface area contributed by atoms with Crippen LogP contribution in [0.15, 0.2) is 47.6 Å². The van der Waals surface area contributed by atoms with Gasteiger partial charge in [0.25, 0.3) is 0 Å². The summed E-state index contributed by atoms with van der Waals surface area (Å²) in [6.07, 6.45) is 2.82. The minimum Gasteiger partial charge on any atom is -0.355 e. The molecule has 29 heavy (non-hydrogen) atoms. The summed E-state index contributed by atoms with van der Waals surface area (Å²) in [4.78, 5) is 12.5. The first-order valence-corrected chi connectivity index (χ1v) is 11.1. The first-order valence-electron chi connectivity index (χ1n) is 9.46. The summed E-state index contributed by atoms with van der Waals surface area (Å²) in [5.74, 6) is 0.676. The lowest BCUT2D eigenvalue weighted by molar-refractivity contribution is -0.120. The van der Waals surface area contributed by atoms with E-state index in [9.17, 15) is 4.79 Å².